The molecular weight excluding hydrogens is 256 g/mol. The Bertz CT molecular complexity index is 530. The summed E-state index contributed by atoms with van der Waals surface area (Å²) in [5.74, 6) is 5.52. The molecule has 18 heavy (non-hydrogen) atoms. The molecule has 0 saturated heterocycles. The number of ether oxygens (including phenoxy) is 1. The quantitative estimate of drug-likeness (QED) is 0.563. The number of nitrogens with zero attached hydrogens (tertiary/aromatic N) is 6. The summed E-state index contributed by atoms with van der Waals surface area (Å²) in [6.45, 7) is 2.30. The van der Waals surface area contributed by atoms with Crippen LogP contribution >= 0.6 is 11.8 Å². The molecule has 0 unspecified atom stereocenters. The molecule has 0 bridgehead atoms. The lowest BCUT2D eigenvalue weighted by Gasteiger charge is -2.05. The van der Waals surface area contributed by atoms with Crippen molar-refractivity contribution in [2.24, 2.45) is 12.9 Å². The molecule has 0 amide bonds. The van der Waals surface area contributed by atoms with Gasteiger partial charge in [-0.1, -0.05) is 0 Å². The van der Waals surface area contributed by atoms with Crippen molar-refractivity contribution in [3.8, 4) is 6.01 Å². The Balaban J connectivity index is 2.26. The summed E-state index contributed by atoms with van der Waals surface area (Å²) < 4.78 is 6.98. The van der Waals surface area contributed by atoms with Gasteiger partial charge in [0.05, 0.1) is 6.61 Å². The number of hydrogen-bond donors (Lipinski definition) is 2. The molecule has 0 radical (unpaired) electrons. The first-order valence-electron chi connectivity index (χ1n) is 5.10. The van der Waals surface area contributed by atoms with E-state index in [0.717, 1.165) is 0 Å². The van der Waals surface area contributed by atoms with Crippen LogP contribution in [0.25, 0.3) is 0 Å². The van der Waals surface area contributed by atoms with E-state index >= 15 is 0 Å². The van der Waals surface area contributed by atoms with E-state index in [1.54, 1.807) is 10.9 Å². The van der Waals surface area contributed by atoms with Gasteiger partial charge in [0.2, 0.25) is 11.1 Å². The minimum Gasteiger partial charge on any atom is -0.464 e. The molecule has 0 aliphatic heterocycles. The van der Waals surface area contributed by atoms with Gasteiger partial charge in [-0.05, 0) is 18.7 Å². The average Bonchev–Trinajstić information content (AvgIpc) is 2.75. The molecule has 96 valence electrons. The minimum atomic E-state index is 0.213. The fourth-order valence-corrected chi connectivity index (χ4v) is 1.79. The monoisotopic (exact) mass is 268 g/mol. The molecule has 2 rings (SSSR count). The first-order chi connectivity index (χ1) is 8.72. The van der Waals surface area contributed by atoms with Crippen LogP contribution in [0.5, 0.6) is 6.01 Å². The van der Waals surface area contributed by atoms with Crippen molar-refractivity contribution < 1.29 is 4.74 Å². The Morgan fingerprint density at radius 2 is 2.28 bits per heavy atom. The lowest BCUT2D eigenvalue weighted by molar-refractivity contribution is 0.308. The highest BCUT2D eigenvalue weighted by Crippen LogP contribution is 2.23. The summed E-state index contributed by atoms with van der Waals surface area (Å²) in [5, 5.41) is 8.78. The highest BCUT2D eigenvalue weighted by molar-refractivity contribution is 7.99. The third-order valence-corrected chi connectivity index (χ3v) is 2.77. The van der Waals surface area contributed by atoms with Gasteiger partial charge in [-0.2, -0.15) is 15.0 Å². The number of aromatic nitrogens is 6. The van der Waals surface area contributed by atoms with Crippen LogP contribution in [0.3, 0.4) is 0 Å². The van der Waals surface area contributed by atoms with Crippen molar-refractivity contribution in [1.29, 1.82) is 0 Å². The van der Waals surface area contributed by atoms with Crippen LogP contribution in [0.2, 0.25) is 0 Å². The van der Waals surface area contributed by atoms with Crippen LogP contribution in [0.1, 0.15) is 6.92 Å². The van der Waals surface area contributed by atoms with Crippen molar-refractivity contribution in [3.05, 3.63) is 6.33 Å². The van der Waals surface area contributed by atoms with Crippen molar-refractivity contribution in [2.45, 2.75) is 17.2 Å². The van der Waals surface area contributed by atoms with E-state index in [-0.39, 0.29) is 12.0 Å². The first kappa shape index (κ1) is 12.5. The SMILES string of the molecule is CCOc1nc(NN)nc(Sc2nncn2C)n1. The molecule has 0 aliphatic carbocycles. The van der Waals surface area contributed by atoms with Gasteiger partial charge in [0.15, 0.2) is 5.16 Å². The van der Waals surface area contributed by atoms with E-state index in [4.69, 9.17) is 10.6 Å². The molecule has 0 aromatic carbocycles. The molecule has 0 fully saturated rings. The molecule has 10 heteroatoms. The molecule has 2 heterocycles. The summed E-state index contributed by atoms with van der Waals surface area (Å²) in [5.41, 5.74) is 2.36. The van der Waals surface area contributed by atoms with Crippen LogP contribution < -0.4 is 16.0 Å². The Morgan fingerprint density at radius 3 is 2.89 bits per heavy atom. The maximum absolute atomic E-state index is 5.29. The number of nitrogen functional groups attached to an aromatic ring is 1. The maximum Gasteiger partial charge on any atom is 0.322 e. The number of hydrazine groups is 1. The van der Waals surface area contributed by atoms with E-state index in [1.165, 1.54) is 11.8 Å². The number of hydrogen-bond acceptors (Lipinski definition) is 9. The fourth-order valence-electron chi connectivity index (χ4n) is 1.09. The summed E-state index contributed by atoms with van der Waals surface area (Å²) in [4.78, 5) is 12.2. The second-order valence-electron chi connectivity index (χ2n) is 3.13. The molecule has 0 saturated carbocycles. The second-order valence-corrected chi connectivity index (χ2v) is 4.06. The van der Waals surface area contributed by atoms with E-state index in [9.17, 15) is 0 Å². The van der Waals surface area contributed by atoms with Crippen molar-refractivity contribution >= 4 is 17.7 Å². The second kappa shape index (κ2) is 5.60. The molecule has 0 atom stereocenters. The van der Waals surface area contributed by atoms with E-state index < -0.39 is 0 Å². The lowest BCUT2D eigenvalue weighted by Crippen LogP contribution is -2.12. The fraction of sp³-hybridized carbons (Fsp3) is 0.375. The molecule has 0 aliphatic rings. The van der Waals surface area contributed by atoms with Crippen molar-refractivity contribution in [3.63, 3.8) is 0 Å². The van der Waals surface area contributed by atoms with Gasteiger partial charge in [-0.3, -0.25) is 5.43 Å². The van der Waals surface area contributed by atoms with Gasteiger partial charge in [-0.25, -0.2) is 5.84 Å². The molecule has 2 aromatic rings. The molecule has 3 N–H and O–H groups in total. The maximum atomic E-state index is 5.29. The smallest absolute Gasteiger partial charge is 0.322 e. The van der Waals surface area contributed by atoms with Gasteiger partial charge in [-0.15, -0.1) is 10.2 Å². The Morgan fingerprint density at radius 1 is 1.44 bits per heavy atom. The van der Waals surface area contributed by atoms with Gasteiger partial charge < -0.3 is 9.30 Å². The first-order valence-corrected chi connectivity index (χ1v) is 5.92. The highest BCUT2D eigenvalue weighted by atomic mass is 32.2. The van der Waals surface area contributed by atoms with E-state index in [2.05, 4.69) is 30.6 Å². The van der Waals surface area contributed by atoms with Gasteiger partial charge >= 0.3 is 6.01 Å². The zero-order valence-corrected chi connectivity index (χ0v) is 10.7. The van der Waals surface area contributed by atoms with Crippen LogP contribution in [0.4, 0.5) is 5.95 Å². The summed E-state index contributed by atoms with van der Waals surface area (Å²) in [6, 6.07) is 0.213. The summed E-state index contributed by atoms with van der Waals surface area (Å²) in [7, 11) is 1.83. The Hall–Kier alpha value is -1.94. The summed E-state index contributed by atoms with van der Waals surface area (Å²) >= 11 is 1.24. The van der Waals surface area contributed by atoms with Crippen LogP contribution in [-0.4, -0.2) is 36.3 Å². The predicted molar refractivity (Wildman–Crippen MR) is 63.9 cm³/mol. The topological polar surface area (TPSA) is 117 Å². The largest absolute Gasteiger partial charge is 0.464 e. The molecule has 9 nitrogen and oxygen atoms in total. The van der Waals surface area contributed by atoms with Crippen LogP contribution in [0, 0.1) is 0 Å². The van der Waals surface area contributed by atoms with Crippen LogP contribution in [-0.2, 0) is 7.05 Å². The number of aryl methyl sites for hydroxylation is 1. The standard InChI is InChI=1S/C8H12N8OS/c1-3-17-6-11-5(14-9)12-7(13-6)18-8-15-10-4-16(8)2/h4H,3,9H2,1-2H3,(H,11,12,13,14). The lowest BCUT2D eigenvalue weighted by atomic mass is 10.8. The molecule has 2 aromatic heterocycles. The van der Waals surface area contributed by atoms with Crippen LogP contribution in [0.15, 0.2) is 16.6 Å². The zero-order chi connectivity index (χ0) is 13.0. The van der Waals surface area contributed by atoms with Gasteiger partial charge in [0.1, 0.15) is 6.33 Å². The summed E-state index contributed by atoms with van der Waals surface area (Å²) in [6.07, 6.45) is 1.59. The van der Waals surface area contributed by atoms with E-state index in [1.807, 2.05) is 14.0 Å². The highest BCUT2D eigenvalue weighted by Gasteiger charge is 2.11. The normalized spacial score (nSPS) is 10.4. The Labute approximate surface area is 107 Å². The average molecular weight is 268 g/mol. The minimum absolute atomic E-state index is 0.213. The van der Waals surface area contributed by atoms with Gasteiger partial charge in [0.25, 0.3) is 0 Å². The molecular formula is C8H12N8OS. The Kier molecular flexibility index (Phi) is 3.89. The number of nitrogens with one attached hydrogen (secondary N) is 1. The van der Waals surface area contributed by atoms with Crippen molar-refractivity contribution in [2.75, 3.05) is 12.0 Å². The third-order valence-electron chi connectivity index (χ3n) is 1.85. The zero-order valence-electron chi connectivity index (χ0n) is 9.86. The molecule has 0 spiro atoms. The van der Waals surface area contributed by atoms with Gasteiger partial charge in [0, 0.05) is 7.05 Å². The number of rotatable bonds is 5. The number of nitrogens with two attached hydrogens (primary N) is 1. The van der Waals surface area contributed by atoms with E-state index in [0.29, 0.717) is 16.9 Å². The third kappa shape index (κ3) is 2.84. The van der Waals surface area contributed by atoms with Crippen molar-refractivity contribution in [1.82, 2.24) is 29.7 Å². The number of anilines is 1. The predicted octanol–water partition coefficient (Wildman–Crippen LogP) is -0.164.